The molecular weight excluding hydrogens is 196 g/mol. The minimum Gasteiger partial charge on any atom is -0.330 e. The molecule has 0 bridgehead atoms. The Balaban J connectivity index is 1.74. The van der Waals surface area contributed by atoms with Gasteiger partial charge in [0.25, 0.3) is 0 Å². The van der Waals surface area contributed by atoms with Crippen LogP contribution in [0, 0.1) is 5.92 Å². The van der Waals surface area contributed by atoms with E-state index in [-0.39, 0.29) is 0 Å². The molecule has 0 aromatic carbocycles. The Morgan fingerprint density at radius 1 is 0.938 bits per heavy atom. The molecule has 1 aliphatic heterocycles. The highest BCUT2D eigenvalue weighted by molar-refractivity contribution is 4.87. The molecule has 0 spiro atoms. The zero-order chi connectivity index (χ0) is 11.2. The van der Waals surface area contributed by atoms with Crippen LogP contribution in [0.4, 0.5) is 0 Å². The molecule has 0 amide bonds. The first-order valence-electron chi connectivity index (χ1n) is 7.36. The smallest absolute Gasteiger partial charge is 0.0123 e. The van der Waals surface area contributed by atoms with Gasteiger partial charge in [-0.1, -0.05) is 19.3 Å². The monoisotopic (exact) mass is 224 g/mol. The highest BCUT2D eigenvalue weighted by atomic mass is 15.2. The van der Waals surface area contributed by atoms with Crippen molar-refractivity contribution in [2.45, 2.75) is 63.8 Å². The molecule has 0 aromatic rings. The molecule has 2 rings (SSSR count). The number of likely N-dealkylation sites (tertiary alicyclic amines) is 1. The number of hydrogen-bond acceptors (Lipinski definition) is 2. The van der Waals surface area contributed by atoms with Crippen LogP contribution < -0.4 is 5.73 Å². The van der Waals surface area contributed by atoms with Crippen molar-refractivity contribution in [3.05, 3.63) is 0 Å². The van der Waals surface area contributed by atoms with Gasteiger partial charge in [0.1, 0.15) is 0 Å². The third-order valence-corrected chi connectivity index (χ3v) is 4.51. The Labute approximate surface area is 101 Å². The third-order valence-electron chi connectivity index (χ3n) is 4.51. The van der Waals surface area contributed by atoms with Crippen molar-refractivity contribution in [2.24, 2.45) is 11.7 Å². The zero-order valence-corrected chi connectivity index (χ0v) is 10.7. The molecule has 2 N–H and O–H groups in total. The van der Waals surface area contributed by atoms with E-state index in [0.717, 1.165) is 18.5 Å². The van der Waals surface area contributed by atoms with Gasteiger partial charge in [-0.2, -0.15) is 0 Å². The SMILES string of the molecule is NCCCCCN1CCC[C@H]2CCCC[C@H]21. The van der Waals surface area contributed by atoms with Crippen LogP contribution in [-0.4, -0.2) is 30.6 Å². The molecule has 1 saturated carbocycles. The fourth-order valence-electron chi connectivity index (χ4n) is 3.64. The molecule has 16 heavy (non-hydrogen) atoms. The van der Waals surface area contributed by atoms with Crippen molar-refractivity contribution in [2.75, 3.05) is 19.6 Å². The first-order valence-corrected chi connectivity index (χ1v) is 7.36. The summed E-state index contributed by atoms with van der Waals surface area (Å²) in [5.41, 5.74) is 5.54. The fraction of sp³-hybridized carbons (Fsp3) is 1.00. The summed E-state index contributed by atoms with van der Waals surface area (Å²) in [6.07, 6.45) is 12.8. The third kappa shape index (κ3) is 3.21. The van der Waals surface area contributed by atoms with Crippen molar-refractivity contribution in [3.63, 3.8) is 0 Å². The van der Waals surface area contributed by atoms with E-state index < -0.39 is 0 Å². The number of unbranched alkanes of at least 4 members (excludes halogenated alkanes) is 2. The maximum absolute atomic E-state index is 5.54. The fourth-order valence-corrected chi connectivity index (χ4v) is 3.64. The lowest BCUT2D eigenvalue weighted by molar-refractivity contribution is 0.0596. The standard InChI is InChI=1S/C14H28N2/c15-10-4-1-5-11-16-12-6-8-13-7-2-3-9-14(13)16/h13-14H,1-12,15H2/t13-,14-/m1/s1. The van der Waals surface area contributed by atoms with Gasteiger partial charge in [0.15, 0.2) is 0 Å². The Morgan fingerprint density at radius 3 is 2.62 bits per heavy atom. The molecule has 2 fully saturated rings. The summed E-state index contributed by atoms with van der Waals surface area (Å²) in [6.45, 7) is 3.57. The van der Waals surface area contributed by atoms with Crippen LogP contribution in [0.2, 0.25) is 0 Å². The minimum absolute atomic E-state index is 0.867. The molecule has 1 heterocycles. The number of nitrogens with zero attached hydrogens (tertiary/aromatic N) is 1. The van der Waals surface area contributed by atoms with Gasteiger partial charge in [-0.3, -0.25) is 0 Å². The van der Waals surface area contributed by atoms with Gasteiger partial charge in [0.2, 0.25) is 0 Å². The van der Waals surface area contributed by atoms with Crippen molar-refractivity contribution in [3.8, 4) is 0 Å². The van der Waals surface area contributed by atoms with E-state index in [1.807, 2.05) is 0 Å². The first-order chi connectivity index (χ1) is 7.92. The van der Waals surface area contributed by atoms with Crippen LogP contribution >= 0.6 is 0 Å². The molecule has 0 unspecified atom stereocenters. The number of nitrogens with two attached hydrogens (primary N) is 1. The second-order valence-electron chi connectivity index (χ2n) is 5.64. The molecule has 2 atom stereocenters. The molecule has 2 aliphatic rings. The lowest BCUT2D eigenvalue weighted by atomic mass is 9.78. The van der Waals surface area contributed by atoms with Gasteiger partial charge >= 0.3 is 0 Å². The molecule has 0 radical (unpaired) electrons. The zero-order valence-electron chi connectivity index (χ0n) is 10.7. The van der Waals surface area contributed by atoms with Crippen LogP contribution in [0.1, 0.15) is 57.8 Å². The van der Waals surface area contributed by atoms with E-state index in [9.17, 15) is 0 Å². The maximum atomic E-state index is 5.54. The number of fused-ring (bicyclic) bond motifs is 1. The van der Waals surface area contributed by atoms with E-state index >= 15 is 0 Å². The largest absolute Gasteiger partial charge is 0.330 e. The summed E-state index contributed by atoms with van der Waals surface area (Å²) in [5, 5.41) is 0. The summed E-state index contributed by atoms with van der Waals surface area (Å²) in [6, 6.07) is 0.945. The first kappa shape index (κ1) is 12.4. The minimum atomic E-state index is 0.867. The highest BCUT2D eigenvalue weighted by Crippen LogP contribution is 2.35. The van der Waals surface area contributed by atoms with E-state index in [4.69, 9.17) is 5.73 Å². The van der Waals surface area contributed by atoms with Crippen LogP contribution in [0.3, 0.4) is 0 Å². The van der Waals surface area contributed by atoms with Crippen LogP contribution in [-0.2, 0) is 0 Å². The molecule has 0 aromatic heterocycles. The van der Waals surface area contributed by atoms with Gasteiger partial charge in [0.05, 0.1) is 0 Å². The van der Waals surface area contributed by atoms with Crippen molar-refractivity contribution in [1.82, 2.24) is 4.90 Å². The maximum Gasteiger partial charge on any atom is 0.0123 e. The Kier molecular flexibility index (Phi) is 5.11. The van der Waals surface area contributed by atoms with E-state index in [1.165, 1.54) is 70.9 Å². The van der Waals surface area contributed by atoms with Crippen LogP contribution in [0.15, 0.2) is 0 Å². The van der Waals surface area contributed by atoms with Crippen LogP contribution in [0.5, 0.6) is 0 Å². The lowest BCUT2D eigenvalue weighted by Gasteiger charge is -2.44. The average molecular weight is 224 g/mol. The van der Waals surface area contributed by atoms with Gasteiger partial charge in [-0.15, -0.1) is 0 Å². The summed E-state index contributed by atoms with van der Waals surface area (Å²) < 4.78 is 0. The molecule has 2 heteroatoms. The predicted molar refractivity (Wildman–Crippen MR) is 69.5 cm³/mol. The number of rotatable bonds is 5. The van der Waals surface area contributed by atoms with Crippen LogP contribution in [0.25, 0.3) is 0 Å². The van der Waals surface area contributed by atoms with E-state index in [0.29, 0.717) is 0 Å². The molecular formula is C14H28N2. The highest BCUT2D eigenvalue weighted by Gasteiger charge is 2.32. The normalized spacial score (nSPS) is 31.3. The molecule has 2 nitrogen and oxygen atoms in total. The molecule has 94 valence electrons. The van der Waals surface area contributed by atoms with E-state index in [2.05, 4.69) is 4.90 Å². The molecule has 1 saturated heterocycles. The Bertz CT molecular complexity index is 191. The summed E-state index contributed by atoms with van der Waals surface area (Å²) in [4.78, 5) is 2.80. The summed E-state index contributed by atoms with van der Waals surface area (Å²) in [7, 11) is 0. The van der Waals surface area contributed by atoms with E-state index in [1.54, 1.807) is 0 Å². The quantitative estimate of drug-likeness (QED) is 0.728. The van der Waals surface area contributed by atoms with Gasteiger partial charge in [0, 0.05) is 6.04 Å². The van der Waals surface area contributed by atoms with Crippen molar-refractivity contribution >= 4 is 0 Å². The second kappa shape index (κ2) is 6.61. The van der Waals surface area contributed by atoms with Crippen molar-refractivity contribution in [1.29, 1.82) is 0 Å². The summed E-state index contributed by atoms with van der Waals surface area (Å²) >= 11 is 0. The summed E-state index contributed by atoms with van der Waals surface area (Å²) in [5.74, 6) is 1.04. The number of hydrogen-bond donors (Lipinski definition) is 1. The average Bonchev–Trinajstić information content (AvgIpc) is 2.35. The Hall–Kier alpha value is -0.0800. The van der Waals surface area contributed by atoms with Gasteiger partial charge in [-0.05, 0) is 64.1 Å². The lowest BCUT2D eigenvalue weighted by Crippen LogP contribution is -2.47. The number of piperidine rings is 1. The van der Waals surface area contributed by atoms with Crippen molar-refractivity contribution < 1.29 is 0 Å². The topological polar surface area (TPSA) is 29.3 Å². The van der Waals surface area contributed by atoms with Gasteiger partial charge in [-0.25, -0.2) is 0 Å². The second-order valence-corrected chi connectivity index (χ2v) is 5.64. The predicted octanol–water partition coefficient (Wildman–Crippen LogP) is 2.77. The molecule has 1 aliphatic carbocycles. The Morgan fingerprint density at radius 2 is 1.75 bits per heavy atom. The van der Waals surface area contributed by atoms with Gasteiger partial charge < -0.3 is 10.6 Å².